The molecule has 2 rings (SSSR count). The van der Waals surface area contributed by atoms with E-state index >= 15 is 0 Å². The molecule has 0 fully saturated rings. The molecule has 152 valence electrons. The van der Waals surface area contributed by atoms with Crippen LogP contribution >= 0.6 is 0 Å². The number of rotatable bonds is 9. The Balaban J connectivity index is 1.81. The average Bonchev–Trinajstić information content (AvgIpc) is 2.71. The van der Waals surface area contributed by atoms with Gasteiger partial charge in [-0.1, -0.05) is 19.9 Å². The fourth-order valence-electron chi connectivity index (χ4n) is 2.46. The lowest BCUT2D eigenvalue weighted by Crippen LogP contribution is -2.18. The SMILES string of the molecule is COc1cc(C#N)ccc1OCCCC(=O)Nc1cccc(NC(=O)C(C)C)c1. The van der Waals surface area contributed by atoms with Crippen LogP contribution in [-0.2, 0) is 9.59 Å². The minimum Gasteiger partial charge on any atom is -0.493 e. The number of ether oxygens (including phenoxy) is 2. The molecule has 0 aliphatic rings. The van der Waals surface area contributed by atoms with Crippen LogP contribution in [0.5, 0.6) is 11.5 Å². The van der Waals surface area contributed by atoms with Gasteiger partial charge in [-0.3, -0.25) is 9.59 Å². The van der Waals surface area contributed by atoms with Gasteiger partial charge in [-0.2, -0.15) is 5.26 Å². The van der Waals surface area contributed by atoms with Crippen LogP contribution in [0.2, 0.25) is 0 Å². The third kappa shape index (κ3) is 6.85. The predicted octanol–water partition coefficient (Wildman–Crippen LogP) is 3.96. The van der Waals surface area contributed by atoms with Gasteiger partial charge in [-0.05, 0) is 36.8 Å². The van der Waals surface area contributed by atoms with Gasteiger partial charge in [-0.25, -0.2) is 0 Å². The summed E-state index contributed by atoms with van der Waals surface area (Å²) in [7, 11) is 1.51. The Morgan fingerprint density at radius 3 is 2.45 bits per heavy atom. The van der Waals surface area contributed by atoms with Crippen molar-refractivity contribution in [3.8, 4) is 17.6 Å². The number of carbonyl (C=O) groups excluding carboxylic acids is 2. The van der Waals surface area contributed by atoms with Gasteiger partial charge in [0.2, 0.25) is 11.8 Å². The van der Waals surface area contributed by atoms with E-state index in [-0.39, 0.29) is 24.2 Å². The molecular weight excluding hydrogens is 370 g/mol. The molecule has 2 N–H and O–H groups in total. The third-order valence-corrected chi connectivity index (χ3v) is 4.04. The van der Waals surface area contributed by atoms with Gasteiger partial charge in [0, 0.05) is 29.8 Å². The molecule has 0 atom stereocenters. The summed E-state index contributed by atoms with van der Waals surface area (Å²) in [5.74, 6) is 0.661. The number of hydrogen-bond acceptors (Lipinski definition) is 5. The van der Waals surface area contributed by atoms with Crippen LogP contribution < -0.4 is 20.1 Å². The van der Waals surface area contributed by atoms with Crippen molar-refractivity contribution in [2.24, 2.45) is 5.92 Å². The van der Waals surface area contributed by atoms with Crippen LogP contribution in [0, 0.1) is 17.2 Å². The maximum Gasteiger partial charge on any atom is 0.226 e. The lowest BCUT2D eigenvalue weighted by atomic mass is 10.2. The first-order valence-corrected chi connectivity index (χ1v) is 9.34. The van der Waals surface area contributed by atoms with Gasteiger partial charge in [0.1, 0.15) is 0 Å². The highest BCUT2D eigenvalue weighted by molar-refractivity contribution is 5.94. The molecule has 0 saturated carbocycles. The summed E-state index contributed by atoms with van der Waals surface area (Å²) >= 11 is 0. The van der Waals surface area contributed by atoms with Crippen LogP contribution in [0.25, 0.3) is 0 Å². The highest BCUT2D eigenvalue weighted by Crippen LogP contribution is 2.28. The molecule has 0 saturated heterocycles. The Labute approximate surface area is 170 Å². The number of nitriles is 1. The largest absolute Gasteiger partial charge is 0.493 e. The number of anilines is 2. The third-order valence-electron chi connectivity index (χ3n) is 4.04. The number of carbonyl (C=O) groups is 2. The summed E-state index contributed by atoms with van der Waals surface area (Å²) in [6, 6.07) is 14.0. The van der Waals surface area contributed by atoms with Crippen LogP contribution in [0.4, 0.5) is 11.4 Å². The van der Waals surface area contributed by atoms with Gasteiger partial charge >= 0.3 is 0 Å². The smallest absolute Gasteiger partial charge is 0.226 e. The molecule has 2 aromatic carbocycles. The second-order valence-electron chi connectivity index (χ2n) is 6.70. The number of hydrogen-bond donors (Lipinski definition) is 2. The Morgan fingerprint density at radius 1 is 1.07 bits per heavy atom. The molecule has 7 heteroatoms. The van der Waals surface area contributed by atoms with Crippen LogP contribution in [-0.4, -0.2) is 25.5 Å². The molecule has 0 unspecified atom stereocenters. The zero-order valence-corrected chi connectivity index (χ0v) is 16.8. The van der Waals surface area contributed by atoms with E-state index in [2.05, 4.69) is 10.6 Å². The van der Waals surface area contributed by atoms with Crippen molar-refractivity contribution in [3.05, 3.63) is 48.0 Å². The Kier molecular flexibility index (Phi) is 8.04. The highest BCUT2D eigenvalue weighted by atomic mass is 16.5. The minimum absolute atomic E-state index is 0.0798. The van der Waals surface area contributed by atoms with E-state index in [4.69, 9.17) is 14.7 Å². The molecular formula is C22H25N3O4. The van der Waals surface area contributed by atoms with E-state index in [1.807, 2.05) is 19.9 Å². The molecule has 0 bridgehead atoms. The summed E-state index contributed by atoms with van der Waals surface area (Å²) in [6.07, 6.45) is 0.792. The predicted molar refractivity (Wildman–Crippen MR) is 111 cm³/mol. The first kappa shape index (κ1) is 21.8. The first-order valence-electron chi connectivity index (χ1n) is 9.34. The topological polar surface area (TPSA) is 100 Å². The van der Waals surface area contributed by atoms with Crippen molar-refractivity contribution >= 4 is 23.2 Å². The van der Waals surface area contributed by atoms with Crippen LogP contribution in [0.1, 0.15) is 32.3 Å². The molecule has 29 heavy (non-hydrogen) atoms. The number of nitrogens with zero attached hydrogens (tertiary/aromatic N) is 1. The molecule has 0 spiro atoms. The maximum atomic E-state index is 12.2. The quantitative estimate of drug-likeness (QED) is 0.626. The van der Waals surface area contributed by atoms with Crippen molar-refractivity contribution in [3.63, 3.8) is 0 Å². The molecule has 0 radical (unpaired) electrons. The molecule has 0 aromatic heterocycles. The van der Waals surface area contributed by atoms with E-state index < -0.39 is 0 Å². The molecule has 2 amide bonds. The Morgan fingerprint density at radius 2 is 1.79 bits per heavy atom. The van der Waals surface area contributed by atoms with E-state index in [1.54, 1.807) is 42.5 Å². The van der Waals surface area contributed by atoms with E-state index in [0.29, 0.717) is 41.5 Å². The van der Waals surface area contributed by atoms with Gasteiger partial charge in [-0.15, -0.1) is 0 Å². The summed E-state index contributed by atoms with van der Waals surface area (Å²) < 4.78 is 10.9. The molecule has 0 heterocycles. The first-order chi connectivity index (χ1) is 13.9. The van der Waals surface area contributed by atoms with Gasteiger partial charge in [0.25, 0.3) is 0 Å². The molecule has 0 aliphatic heterocycles. The Bertz CT molecular complexity index is 903. The lowest BCUT2D eigenvalue weighted by Gasteiger charge is -2.11. The number of nitrogens with one attached hydrogen (secondary N) is 2. The van der Waals surface area contributed by atoms with E-state index in [9.17, 15) is 9.59 Å². The molecule has 2 aromatic rings. The normalized spacial score (nSPS) is 10.2. The zero-order valence-electron chi connectivity index (χ0n) is 16.8. The van der Waals surface area contributed by atoms with E-state index in [1.165, 1.54) is 7.11 Å². The van der Waals surface area contributed by atoms with Crippen LogP contribution in [0.3, 0.4) is 0 Å². The fraction of sp³-hybridized carbons (Fsp3) is 0.318. The number of amides is 2. The lowest BCUT2D eigenvalue weighted by molar-refractivity contribution is -0.119. The second kappa shape index (κ2) is 10.7. The molecule has 7 nitrogen and oxygen atoms in total. The maximum absolute atomic E-state index is 12.2. The van der Waals surface area contributed by atoms with Gasteiger partial charge in [0.05, 0.1) is 25.3 Å². The van der Waals surface area contributed by atoms with Gasteiger partial charge in [0.15, 0.2) is 11.5 Å². The highest BCUT2D eigenvalue weighted by Gasteiger charge is 2.09. The standard InChI is InChI=1S/C22H25N3O4/c1-15(2)22(27)25-18-7-4-6-17(13-18)24-21(26)8-5-11-29-19-10-9-16(14-23)12-20(19)28-3/h4,6-7,9-10,12-13,15H,5,8,11H2,1-3H3,(H,24,26)(H,25,27). The number of methoxy groups -OCH3 is 1. The van der Waals surface area contributed by atoms with Crippen molar-refractivity contribution in [1.82, 2.24) is 0 Å². The average molecular weight is 395 g/mol. The summed E-state index contributed by atoms with van der Waals surface area (Å²) in [4.78, 5) is 23.9. The van der Waals surface area contributed by atoms with Crippen LogP contribution in [0.15, 0.2) is 42.5 Å². The van der Waals surface area contributed by atoms with Crippen molar-refractivity contribution < 1.29 is 19.1 Å². The Hall–Kier alpha value is -3.53. The zero-order chi connectivity index (χ0) is 21.2. The van der Waals surface area contributed by atoms with Crippen molar-refractivity contribution in [2.45, 2.75) is 26.7 Å². The minimum atomic E-state index is -0.146. The fourth-order valence-corrected chi connectivity index (χ4v) is 2.46. The second-order valence-corrected chi connectivity index (χ2v) is 6.70. The van der Waals surface area contributed by atoms with E-state index in [0.717, 1.165) is 0 Å². The summed E-state index contributed by atoms with van der Waals surface area (Å²) in [5.41, 5.74) is 1.74. The summed E-state index contributed by atoms with van der Waals surface area (Å²) in [5, 5.41) is 14.5. The molecule has 0 aliphatic carbocycles. The van der Waals surface area contributed by atoms with Crippen molar-refractivity contribution in [2.75, 3.05) is 24.4 Å². The number of benzene rings is 2. The van der Waals surface area contributed by atoms with Crippen molar-refractivity contribution in [1.29, 1.82) is 5.26 Å². The monoisotopic (exact) mass is 395 g/mol. The summed E-state index contributed by atoms with van der Waals surface area (Å²) in [6.45, 7) is 3.97. The van der Waals surface area contributed by atoms with Gasteiger partial charge < -0.3 is 20.1 Å².